The molecule has 0 aliphatic heterocycles. The molecule has 2 N–H and O–H groups in total. The third kappa shape index (κ3) is 2.20. The molecule has 2 aromatic carbocycles. The topological polar surface area (TPSA) is 54.8 Å². The van der Waals surface area contributed by atoms with E-state index in [-0.39, 0.29) is 29.3 Å². The normalized spacial score (nSPS) is 10.1. The van der Waals surface area contributed by atoms with Crippen molar-refractivity contribution < 1.29 is 26.7 Å². The molecule has 19 heavy (non-hydrogen) atoms. The fourth-order valence-electron chi connectivity index (χ4n) is 1.93. The minimum Gasteiger partial charge on any atom is -1.00 e. The maximum absolute atomic E-state index is 10.0. The van der Waals surface area contributed by atoms with E-state index in [1.807, 2.05) is 36.4 Å². The average molecular weight is 275 g/mol. The van der Waals surface area contributed by atoms with Gasteiger partial charge in [-0.25, -0.2) is 0 Å². The number of hydrogen-bond acceptors (Lipinski definition) is 2. The van der Waals surface area contributed by atoms with Crippen molar-refractivity contribution in [1.29, 1.82) is 0 Å². The summed E-state index contributed by atoms with van der Waals surface area (Å²) in [6.45, 7) is 0. The summed E-state index contributed by atoms with van der Waals surface area (Å²) in [5.74, 6) is 0.0340. The Morgan fingerprint density at radius 2 is 1.53 bits per heavy atom. The van der Waals surface area contributed by atoms with Gasteiger partial charge in [-0.15, -0.1) is 0 Å². The van der Waals surface area contributed by atoms with Crippen molar-refractivity contribution in [3.05, 3.63) is 60.0 Å². The molecular weight excluding hydrogens is 264 g/mol. The molecule has 0 fully saturated rings. The third-order valence-corrected chi connectivity index (χ3v) is 2.83. The molecule has 0 aliphatic rings. The van der Waals surface area contributed by atoms with Crippen LogP contribution in [0.25, 0.3) is 22.3 Å². The SMILES string of the molecule is Oc1c(-c2ccccc2)oc2ccccc2c1=[OH+].[Cl-]. The zero-order valence-corrected chi connectivity index (χ0v) is 10.6. The second-order valence-corrected chi connectivity index (χ2v) is 3.99. The molecule has 96 valence electrons. The molecule has 1 heterocycles. The molecule has 0 amide bonds. The van der Waals surface area contributed by atoms with Crippen LogP contribution in [0.1, 0.15) is 0 Å². The number of aromatic hydroxyl groups is 1. The van der Waals surface area contributed by atoms with Gasteiger partial charge in [0.2, 0.25) is 0 Å². The summed E-state index contributed by atoms with van der Waals surface area (Å²) in [6.07, 6.45) is 0. The van der Waals surface area contributed by atoms with Gasteiger partial charge in [-0.2, -0.15) is 0 Å². The number of rotatable bonds is 1. The van der Waals surface area contributed by atoms with Crippen LogP contribution in [-0.4, -0.2) is 9.90 Å². The standard InChI is InChI=1S/C15H10O3.ClH/c16-13-11-8-4-5-9-12(11)18-15(14(13)17)10-6-2-1-3-7-10;/h1-9,17H;1H. The molecule has 3 rings (SSSR count). The van der Waals surface area contributed by atoms with Gasteiger partial charge >= 0.3 is 5.43 Å². The summed E-state index contributed by atoms with van der Waals surface area (Å²) >= 11 is 0. The van der Waals surface area contributed by atoms with Gasteiger partial charge in [0.1, 0.15) is 11.0 Å². The Hall–Kier alpha value is -2.26. The fraction of sp³-hybridized carbons (Fsp3) is 0. The number of para-hydroxylation sites is 1. The van der Waals surface area contributed by atoms with E-state index in [1.165, 1.54) is 0 Å². The molecule has 0 aliphatic carbocycles. The van der Waals surface area contributed by atoms with Crippen LogP contribution in [0.5, 0.6) is 5.75 Å². The quantitative estimate of drug-likeness (QED) is 0.626. The van der Waals surface area contributed by atoms with Crippen LogP contribution in [0, 0.1) is 0 Å². The molecule has 1 aromatic heterocycles. The summed E-state index contributed by atoms with van der Waals surface area (Å²) in [7, 11) is 0. The Kier molecular flexibility index (Phi) is 3.58. The molecule has 0 saturated carbocycles. The van der Waals surface area contributed by atoms with Crippen molar-refractivity contribution in [1.82, 2.24) is 0 Å². The summed E-state index contributed by atoms with van der Waals surface area (Å²) in [5, 5.41) is 10.5. The van der Waals surface area contributed by atoms with E-state index >= 15 is 0 Å². The van der Waals surface area contributed by atoms with E-state index in [2.05, 4.69) is 0 Å². The van der Waals surface area contributed by atoms with Crippen LogP contribution in [0.4, 0.5) is 0 Å². The third-order valence-electron chi connectivity index (χ3n) is 2.83. The smallest absolute Gasteiger partial charge is 0.396 e. The van der Waals surface area contributed by atoms with E-state index in [9.17, 15) is 9.90 Å². The second kappa shape index (κ2) is 5.16. The lowest BCUT2D eigenvalue weighted by Gasteiger charge is -2.03. The molecule has 0 spiro atoms. The first-order valence-corrected chi connectivity index (χ1v) is 5.59. The Morgan fingerprint density at radius 3 is 2.26 bits per heavy atom. The van der Waals surface area contributed by atoms with E-state index in [0.29, 0.717) is 11.0 Å². The molecular formula is C15H11ClO3. The fourth-order valence-corrected chi connectivity index (χ4v) is 1.93. The molecule has 0 unspecified atom stereocenters. The van der Waals surface area contributed by atoms with Gasteiger partial charge in [-0.05, 0) is 12.1 Å². The van der Waals surface area contributed by atoms with Crippen LogP contribution < -0.4 is 17.8 Å². The van der Waals surface area contributed by atoms with Crippen LogP contribution in [-0.2, 0) is 0 Å². The molecule has 0 bridgehead atoms. The van der Waals surface area contributed by atoms with Gasteiger partial charge in [0.15, 0.2) is 5.76 Å². The first-order chi connectivity index (χ1) is 8.77. The van der Waals surface area contributed by atoms with Crippen molar-refractivity contribution in [2.75, 3.05) is 0 Å². The average Bonchev–Trinajstić information content (AvgIpc) is 2.44. The van der Waals surface area contributed by atoms with E-state index in [1.54, 1.807) is 18.2 Å². The predicted molar refractivity (Wildman–Crippen MR) is 68.4 cm³/mol. The minimum absolute atomic E-state index is 0. The lowest BCUT2D eigenvalue weighted by molar-refractivity contribution is -0.00000558. The number of fused-ring (bicyclic) bond motifs is 1. The van der Waals surface area contributed by atoms with Crippen LogP contribution in [0.15, 0.2) is 59.0 Å². The maximum Gasteiger partial charge on any atom is 0.396 e. The van der Waals surface area contributed by atoms with Crippen LogP contribution in [0.2, 0.25) is 0 Å². The Bertz CT molecular complexity index is 763. The zero-order chi connectivity index (χ0) is 12.5. The molecule has 0 atom stereocenters. The van der Waals surface area contributed by atoms with Crippen molar-refractivity contribution in [2.24, 2.45) is 0 Å². The van der Waals surface area contributed by atoms with Gasteiger partial charge in [0, 0.05) is 5.56 Å². The number of halogens is 1. The largest absolute Gasteiger partial charge is 1.00 e. The zero-order valence-electron chi connectivity index (χ0n) is 9.88. The second-order valence-electron chi connectivity index (χ2n) is 3.99. The highest BCUT2D eigenvalue weighted by molar-refractivity contribution is 5.80. The van der Waals surface area contributed by atoms with Crippen molar-refractivity contribution in [2.45, 2.75) is 0 Å². The molecule has 3 aromatic rings. The number of hydrogen-bond donors (Lipinski definition) is 1. The molecule has 4 heteroatoms. The maximum atomic E-state index is 10.0. The van der Waals surface area contributed by atoms with Crippen LogP contribution >= 0.6 is 0 Å². The molecule has 3 nitrogen and oxygen atoms in total. The minimum atomic E-state index is -0.236. The first kappa shape index (κ1) is 13.2. The van der Waals surface area contributed by atoms with Gasteiger partial charge in [0.05, 0.1) is 0 Å². The van der Waals surface area contributed by atoms with Gasteiger partial charge in [0.25, 0.3) is 5.75 Å². The molecule has 0 saturated heterocycles. The summed E-state index contributed by atoms with van der Waals surface area (Å²) in [6, 6.07) is 16.2. The summed E-state index contributed by atoms with van der Waals surface area (Å²) in [4.78, 5) is 9.99. The highest BCUT2D eigenvalue weighted by atomic mass is 35.5. The molecule has 0 radical (unpaired) electrons. The predicted octanol–water partition coefficient (Wildman–Crippen LogP) is -0.186. The Morgan fingerprint density at radius 1 is 0.895 bits per heavy atom. The van der Waals surface area contributed by atoms with Crippen molar-refractivity contribution >= 4 is 11.0 Å². The lowest BCUT2D eigenvalue weighted by Crippen LogP contribution is -3.00. The monoisotopic (exact) mass is 274 g/mol. The highest BCUT2D eigenvalue weighted by Gasteiger charge is 2.18. The van der Waals surface area contributed by atoms with Gasteiger partial charge in [-0.3, -0.25) is 4.79 Å². The van der Waals surface area contributed by atoms with E-state index in [4.69, 9.17) is 4.42 Å². The van der Waals surface area contributed by atoms with Gasteiger partial charge < -0.3 is 21.9 Å². The van der Waals surface area contributed by atoms with Gasteiger partial charge in [-0.1, -0.05) is 42.5 Å². The van der Waals surface area contributed by atoms with E-state index in [0.717, 1.165) is 5.56 Å². The summed E-state index contributed by atoms with van der Waals surface area (Å²) in [5.41, 5.74) is 1.10. The van der Waals surface area contributed by atoms with Crippen molar-refractivity contribution in [3.63, 3.8) is 0 Å². The van der Waals surface area contributed by atoms with Crippen molar-refractivity contribution in [3.8, 4) is 17.1 Å². The van der Waals surface area contributed by atoms with E-state index < -0.39 is 0 Å². The van der Waals surface area contributed by atoms with Crippen LogP contribution in [0.3, 0.4) is 0 Å². The first-order valence-electron chi connectivity index (χ1n) is 5.59. The lowest BCUT2D eigenvalue weighted by atomic mass is 10.1. The Labute approximate surface area is 115 Å². The Balaban J connectivity index is 0.00000133. The number of benzene rings is 2. The summed E-state index contributed by atoms with van der Waals surface area (Å²) < 4.78 is 5.65. The highest BCUT2D eigenvalue weighted by Crippen LogP contribution is 2.29.